The van der Waals surface area contributed by atoms with Gasteiger partial charge in [-0.25, -0.2) is 0 Å². The highest BCUT2D eigenvalue weighted by Crippen LogP contribution is 2.25. The van der Waals surface area contributed by atoms with Crippen molar-refractivity contribution in [1.29, 1.82) is 0 Å². The van der Waals surface area contributed by atoms with E-state index in [0.717, 1.165) is 36.8 Å². The molecule has 1 N–H and O–H groups in total. The summed E-state index contributed by atoms with van der Waals surface area (Å²) in [5.41, 5.74) is 1.75. The van der Waals surface area contributed by atoms with Crippen LogP contribution in [0, 0.1) is 0 Å². The molecule has 0 unspecified atom stereocenters. The molecule has 1 saturated carbocycles. The Bertz CT molecular complexity index is 945. The Morgan fingerprint density at radius 2 is 1.75 bits per heavy atom. The number of hydrogen-bond donors (Lipinski definition) is 1. The van der Waals surface area contributed by atoms with Gasteiger partial charge < -0.3 is 10.2 Å². The number of rotatable bonds is 9. The average molecular weight is 496 g/mol. The maximum atomic E-state index is 13.4. The molecule has 0 aromatic heterocycles. The maximum Gasteiger partial charge on any atom is 0.243 e. The molecule has 2 amide bonds. The Kier molecular flexibility index (Phi) is 9.27. The van der Waals surface area contributed by atoms with Gasteiger partial charge in [0, 0.05) is 24.0 Å². The van der Waals surface area contributed by atoms with Crippen molar-refractivity contribution in [2.45, 2.75) is 70.5 Å². The molecule has 1 aliphatic rings. The van der Waals surface area contributed by atoms with Gasteiger partial charge in [0.2, 0.25) is 11.8 Å². The molecule has 32 heavy (non-hydrogen) atoms. The highest BCUT2D eigenvalue weighted by atomic mass is 35.5. The quantitative estimate of drug-likeness (QED) is 0.435. The number of halogens is 3. The average Bonchev–Trinajstić information content (AvgIpc) is 3.28. The van der Waals surface area contributed by atoms with Crippen molar-refractivity contribution in [1.82, 2.24) is 10.2 Å². The van der Waals surface area contributed by atoms with Crippen LogP contribution < -0.4 is 5.32 Å². The summed E-state index contributed by atoms with van der Waals surface area (Å²) < 4.78 is 0. The van der Waals surface area contributed by atoms with E-state index in [1.165, 1.54) is 0 Å². The third-order valence-corrected chi connectivity index (χ3v) is 7.10. The van der Waals surface area contributed by atoms with Crippen LogP contribution in [0.1, 0.15) is 56.6 Å². The third kappa shape index (κ3) is 6.63. The number of hydrogen-bond acceptors (Lipinski definition) is 2. The van der Waals surface area contributed by atoms with Crippen molar-refractivity contribution < 1.29 is 9.59 Å². The van der Waals surface area contributed by atoms with E-state index in [9.17, 15) is 9.59 Å². The normalized spacial score (nSPS) is 14.9. The molecule has 0 spiro atoms. The molecule has 3 rings (SSSR count). The first kappa shape index (κ1) is 24.9. The fourth-order valence-corrected chi connectivity index (χ4v) is 4.76. The molecule has 2 aromatic rings. The molecule has 172 valence electrons. The zero-order valence-electron chi connectivity index (χ0n) is 18.3. The van der Waals surface area contributed by atoms with E-state index >= 15 is 0 Å². The topological polar surface area (TPSA) is 49.4 Å². The highest BCUT2D eigenvalue weighted by molar-refractivity contribution is 6.42. The van der Waals surface area contributed by atoms with Crippen molar-refractivity contribution in [3.8, 4) is 0 Å². The second kappa shape index (κ2) is 11.9. The van der Waals surface area contributed by atoms with Gasteiger partial charge in [-0.1, -0.05) is 78.8 Å². The first-order valence-electron chi connectivity index (χ1n) is 11.2. The monoisotopic (exact) mass is 494 g/mol. The number of nitrogens with zero attached hydrogens (tertiary/aromatic N) is 1. The van der Waals surface area contributed by atoms with Crippen LogP contribution in [-0.2, 0) is 22.6 Å². The van der Waals surface area contributed by atoms with E-state index in [0.29, 0.717) is 27.9 Å². The van der Waals surface area contributed by atoms with Crippen molar-refractivity contribution in [3.05, 3.63) is 68.7 Å². The molecule has 2 aromatic carbocycles. The minimum absolute atomic E-state index is 0.0921. The number of amides is 2. The predicted octanol–water partition coefficient (Wildman–Crippen LogP) is 6.45. The molecule has 0 bridgehead atoms. The minimum Gasteiger partial charge on any atom is -0.352 e. The summed E-state index contributed by atoms with van der Waals surface area (Å²) >= 11 is 18.5. The first-order valence-corrected chi connectivity index (χ1v) is 12.3. The number of carbonyl (C=O) groups excluding carboxylic acids is 2. The lowest BCUT2D eigenvalue weighted by Crippen LogP contribution is -2.51. The van der Waals surface area contributed by atoms with Crippen LogP contribution in [0.3, 0.4) is 0 Å². The molecular weight excluding hydrogens is 467 g/mol. The first-order chi connectivity index (χ1) is 15.4. The van der Waals surface area contributed by atoms with Crippen LogP contribution in [0.5, 0.6) is 0 Å². The van der Waals surface area contributed by atoms with E-state index in [2.05, 4.69) is 5.32 Å². The van der Waals surface area contributed by atoms with Crippen LogP contribution in [0.25, 0.3) is 0 Å². The fourth-order valence-electron chi connectivity index (χ4n) is 4.21. The van der Waals surface area contributed by atoms with Crippen LogP contribution in [0.15, 0.2) is 42.5 Å². The second-order valence-corrected chi connectivity index (χ2v) is 9.50. The van der Waals surface area contributed by atoms with Gasteiger partial charge >= 0.3 is 0 Å². The largest absolute Gasteiger partial charge is 0.352 e. The molecule has 0 aliphatic heterocycles. The van der Waals surface area contributed by atoms with E-state index < -0.39 is 6.04 Å². The van der Waals surface area contributed by atoms with Crippen LogP contribution >= 0.6 is 34.8 Å². The van der Waals surface area contributed by atoms with Crippen molar-refractivity contribution in [2.75, 3.05) is 0 Å². The Morgan fingerprint density at radius 3 is 2.41 bits per heavy atom. The lowest BCUT2D eigenvalue weighted by molar-refractivity contribution is -0.141. The van der Waals surface area contributed by atoms with Gasteiger partial charge in [0.25, 0.3) is 0 Å². The molecule has 1 atom stereocenters. The van der Waals surface area contributed by atoms with Gasteiger partial charge in [-0.05, 0) is 55.0 Å². The molecule has 4 nitrogen and oxygen atoms in total. The smallest absolute Gasteiger partial charge is 0.243 e. The summed E-state index contributed by atoms with van der Waals surface area (Å²) in [4.78, 5) is 28.2. The summed E-state index contributed by atoms with van der Waals surface area (Å²) in [6.45, 7) is 2.22. The van der Waals surface area contributed by atoms with Gasteiger partial charge in [0.1, 0.15) is 6.04 Å². The van der Waals surface area contributed by atoms with Gasteiger partial charge in [-0.3, -0.25) is 9.59 Å². The Hall–Kier alpha value is -1.75. The number of benzene rings is 2. The van der Waals surface area contributed by atoms with Crippen molar-refractivity contribution in [3.63, 3.8) is 0 Å². The summed E-state index contributed by atoms with van der Waals surface area (Å²) in [5.74, 6) is -0.185. The lowest BCUT2D eigenvalue weighted by Gasteiger charge is -2.31. The zero-order valence-corrected chi connectivity index (χ0v) is 20.5. The number of carbonyl (C=O) groups is 2. The Balaban J connectivity index is 1.79. The standard InChI is InChI=1S/C25H29Cl3N2O2/c1-2-23(25(32)29-19-8-4-5-9-19)30(16-17-11-13-21(27)22(28)15-17)24(31)14-12-18-7-3-6-10-20(18)26/h3,6-7,10-11,13,15,19,23H,2,4-5,8-9,12,14,16H2,1H3,(H,29,32)/t23-/m1/s1. The molecule has 0 saturated heterocycles. The fraction of sp³-hybridized carbons (Fsp3) is 0.440. The summed E-state index contributed by atoms with van der Waals surface area (Å²) in [5, 5.41) is 4.68. The maximum absolute atomic E-state index is 13.4. The Morgan fingerprint density at radius 1 is 1.03 bits per heavy atom. The van der Waals surface area contributed by atoms with Gasteiger partial charge in [0.05, 0.1) is 10.0 Å². The molecular formula is C25H29Cl3N2O2. The Labute approximate surface area is 205 Å². The summed E-state index contributed by atoms with van der Waals surface area (Å²) in [6, 6.07) is 12.5. The molecule has 0 heterocycles. The zero-order chi connectivity index (χ0) is 23.1. The highest BCUT2D eigenvalue weighted by Gasteiger charge is 2.30. The third-order valence-electron chi connectivity index (χ3n) is 5.99. The van der Waals surface area contributed by atoms with Gasteiger partial charge in [-0.15, -0.1) is 0 Å². The van der Waals surface area contributed by atoms with Crippen molar-refractivity contribution in [2.24, 2.45) is 0 Å². The second-order valence-electron chi connectivity index (χ2n) is 8.28. The molecule has 1 fully saturated rings. The molecule has 0 radical (unpaired) electrons. The van der Waals surface area contributed by atoms with E-state index in [1.54, 1.807) is 17.0 Å². The van der Waals surface area contributed by atoms with Crippen molar-refractivity contribution >= 4 is 46.6 Å². The van der Waals surface area contributed by atoms with Gasteiger partial charge in [0.15, 0.2) is 0 Å². The van der Waals surface area contributed by atoms with E-state index in [1.807, 2.05) is 37.3 Å². The minimum atomic E-state index is -0.552. The van der Waals surface area contributed by atoms with Gasteiger partial charge in [-0.2, -0.15) is 0 Å². The van der Waals surface area contributed by atoms with E-state index in [4.69, 9.17) is 34.8 Å². The van der Waals surface area contributed by atoms with Crippen LogP contribution in [0.2, 0.25) is 15.1 Å². The molecule has 7 heteroatoms. The lowest BCUT2D eigenvalue weighted by atomic mass is 10.1. The van der Waals surface area contributed by atoms with E-state index in [-0.39, 0.29) is 30.8 Å². The summed E-state index contributed by atoms with van der Waals surface area (Å²) in [7, 11) is 0. The summed E-state index contributed by atoms with van der Waals surface area (Å²) in [6.07, 6.45) is 5.55. The van der Waals surface area contributed by atoms with Crippen LogP contribution in [0.4, 0.5) is 0 Å². The molecule has 1 aliphatic carbocycles. The SMILES string of the molecule is CC[C@H](C(=O)NC1CCCC1)N(Cc1ccc(Cl)c(Cl)c1)C(=O)CCc1ccccc1Cl. The number of aryl methyl sites for hydroxylation is 1. The predicted molar refractivity (Wildman–Crippen MR) is 131 cm³/mol. The number of nitrogens with one attached hydrogen (secondary N) is 1. The van der Waals surface area contributed by atoms with Crippen LogP contribution in [-0.4, -0.2) is 28.8 Å².